The molecule has 1 aliphatic rings. The number of rotatable bonds is 4. The smallest absolute Gasteiger partial charge is 0.220 e. The summed E-state index contributed by atoms with van der Waals surface area (Å²) in [6.45, 7) is 2.22. The lowest BCUT2D eigenvalue weighted by Crippen LogP contribution is -2.08. The largest absolute Gasteiger partial charge is 0.474 e. The Kier molecular flexibility index (Phi) is 4.23. The highest BCUT2D eigenvalue weighted by molar-refractivity contribution is 8.22. The van der Waals surface area contributed by atoms with E-state index in [0.717, 1.165) is 10.1 Å². The van der Waals surface area contributed by atoms with E-state index in [-0.39, 0.29) is 0 Å². The van der Waals surface area contributed by atoms with Crippen LogP contribution in [0.25, 0.3) is 0 Å². The molecule has 0 aromatic heterocycles. The Morgan fingerprint density at radius 1 is 1.64 bits per heavy atom. The van der Waals surface area contributed by atoms with E-state index in [2.05, 4.69) is 6.92 Å². The molecule has 0 N–H and O–H groups in total. The zero-order chi connectivity index (χ0) is 8.10. The molecule has 1 heterocycles. The summed E-state index contributed by atoms with van der Waals surface area (Å²) in [4.78, 5) is 0. The normalized spacial score (nSPS) is 23.7. The Labute approximate surface area is 77.9 Å². The summed E-state index contributed by atoms with van der Waals surface area (Å²) >= 11 is 6.59. The van der Waals surface area contributed by atoms with Gasteiger partial charge < -0.3 is 4.74 Å². The Balaban J connectivity index is 2.04. The minimum absolute atomic E-state index is 0.416. The number of unbranched alkanes of at least 4 members (excludes halogenated alkanes) is 2. The van der Waals surface area contributed by atoms with Crippen LogP contribution >= 0.6 is 24.0 Å². The maximum Gasteiger partial charge on any atom is 0.220 e. The van der Waals surface area contributed by atoms with Crippen molar-refractivity contribution < 1.29 is 4.74 Å². The van der Waals surface area contributed by atoms with E-state index in [1.807, 2.05) is 0 Å². The molecule has 1 aliphatic heterocycles. The third kappa shape index (κ3) is 3.43. The Morgan fingerprint density at radius 3 is 3.00 bits per heavy atom. The van der Waals surface area contributed by atoms with Gasteiger partial charge in [0.25, 0.3) is 0 Å². The van der Waals surface area contributed by atoms with Crippen molar-refractivity contribution in [3.05, 3.63) is 0 Å². The first-order valence-corrected chi connectivity index (χ1v) is 5.55. The van der Waals surface area contributed by atoms with Crippen molar-refractivity contribution in [3.8, 4) is 0 Å². The second-order valence-electron chi connectivity index (χ2n) is 2.80. The van der Waals surface area contributed by atoms with Gasteiger partial charge in [-0.25, -0.2) is 0 Å². The summed E-state index contributed by atoms with van der Waals surface area (Å²) in [5, 5.41) is 0. The third-order valence-corrected chi connectivity index (χ3v) is 3.10. The predicted octanol–water partition coefficient (Wildman–Crippen LogP) is 2.98. The van der Waals surface area contributed by atoms with Gasteiger partial charge in [0.2, 0.25) is 4.38 Å². The van der Waals surface area contributed by atoms with E-state index in [1.165, 1.54) is 25.7 Å². The average molecular weight is 190 g/mol. The molecule has 1 rings (SSSR count). The highest BCUT2D eigenvalue weighted by atomic mass is 32.2. The molecule has 0 saturated carbocycles. The van der Waals surface area contributed by atoms with Crippen LogP contribution in [0.4, 0.5) is 0 Å². The molecule has 1 fully saturated rings. The van der Waals surface area contributed by atoms with Crippen LogP contribution in [0.2, 0.25) is 0 Å². The van der Waals surface area contributed by atoms with Gasteiger partial charge >= 0.3 is 0 Å². The van der Waals surface area contributed by atoms with Gasteiger partial charge in [0.1, 0.15) is 6.10 Å². The fourth-order valence-electron chi connectivity index (χ4n) is 1.13. The molecule has 1 atom stereocenters. The number of thioether (sulfide) groups is 1. The molecule has 64 valence electrons. The predicted molar refractivity (Wildman–Crippen MR) is 54.1 cm³/mol. The Hall–Kier alpha value is 0.240. The number of ether oxygens (including phenoxy) is 1. The second kappa shape index (κ2) is 4.99. The fourth-order valence-corrected chi connectivity index (χ4v) is 2.23. The number of hydrogen-bond donors (Lipinski definition) is 0. The van der Waals surface area contributed by atoms with Gasteiger partial charge in [-0.15, -0.1) is 0 Å². The van der Waals surface area contributed by atoms with Crippen LogP contribution in [0.3, 0.4) is 0 Å². The van der Waals surface area contributed by atoms with E-state index >= 15 is 0 Å². The lowest BCUT2D eigenvalue weighted by atomic mass is 10.1. The summed E-state index contributed by atoms with van der Waals surface area (Å²) in [5.41, 5.74) is 0. The van der Waals surface area contributed by atoms with Crippen molar-refractivity contribution >= 4 is 28.4 Å². The van der Waals surface area contributed by atoms with Gasteiger partial charge in [0.15, 0.2) is 0 Å². The third-order valence-electron chi connectivity index (χ3n) is 1.78. The Morgan fingerprint density at radius 2 is 2.45 bits per heavy atom. The van der Waals surface area contributed by atoms with Crippen LogP contribution in [0.5, 0.6) is 0 Å². The molecule has 0 bridgehead atoms. The summed E-state index contributed by atoms with van der Waals surface area (Å²) in [5.74, 6) is 1.07. The lowest BCUT2D eigenvalue weighted by molar-refractivity contribution is 0.220. The molecular formula is C8H14OS2. The van der Waals surface area contributed by atoms with Crippen molar-refractivity contribution in [1.82, 2.24) is 0 Å². The van der Waals surface area contributed by atoms with E-state index in [9.17, 15) is 0 Å². The van der Waals surface area contributed by atoms with Crippen molar-refractivity contribution in [2.24, 2.45) is 0 Å². The van der Waals surface area contributed by atoms with Crippen molar-refractivity contribution in [3.63, 3.8) is 0 Å². The van der Waals surface area contributed by atoms with Crippen molar-refractivity contribution in [2.45, 2.75) is 38.7 Å². The molecular weight excluding hydrogens is 176 g/mol. The van der Waals surface area contributed by atoms with Crippen LogP contribution in [-0.4, -0.2) is 16.2 Å². The van der Waals surface area contributed by atoms with E-state index in [1.54, 1.807) is 11.8 Å². The highest BCUT2D eigenvalue weighted by Gasteiger charge is 2.19. The van der Waals surface area contributed by atoms with Crippen molar-refractivity contribution in [1.29, 1.82) is 0 Å². The first-order valence-electron chi connectivity index (χ1n) is 4.16. The van der Waals surface area contributed by atoms with Gasteiger partial charge in [0.05, 0.1) is 0 Å². The van der Waals surface area contributed by atoms with Crippen LogP contribution in [0, 0.1) is 0 Å². The standard InChI is InChI=1S/C8H14OS2/c1-2-3-4-5-7-6-11-8(10)9-7/h7H,2-6H2,1H3/t7-/m1/s1. The molecule has 0 radical (unpaired) electrons. The first kappa shape index (κ1) is 9.33. The first-order chi connectivity index (χ1) is 5.33. The zero-order valence-corrected chi connectivity index (χ0v) is 8.47. The molecule has 3 heteroatoms. The van der Waals surface area contributed by atoms with Gasteiger partial charge in [-0.2, -0.15) is 0 Å². The Bertz CT molecular complexity index is 136. The summed E-state index contributed by atoms with van der Waals surface area (Å²) in [6.07, 6.45) is 5.48. The maximum atomic E-state index is 5.40. The van der Waals surface area contributed by atoms with Gasteiger partial charge in [-0.05, 0) is 25.1 Å². The molecule has 0 amide bonds. The van der Waals surface area contributed by atoms with Gasteiger partial charge in [-0.3, -0.25) is 0 Å². The highest BCUT2D eigenvalue weighted by Crippen LogP contribution is 2.23. The lowest BCUT2D eigenvalue weighted by Gasteiger charge is -2.06. The van der Waals surface area contributed by atoms with E-state index in [0.29, 0.717) is 6.10 Å². The number of hydrogen-bond acceptors (Lipinski definition) is 3. The topological polar surface area (TPSA) is 9.23 Å². The van der Waals surface area contributed by atoms with E-state index in [4.69, 9.17) is 17.0 Å². The molecule has 1 saturated heterocycles. The summed E-state index contributed by atoms with van der Waals surface area (Å²) in [6, 6.07) is 0. The van der Waals surface area contributed by atoms with Crippen LogP contribution < -0.4 is 0 Å². The molecule has 11 heavy (non-hydrogen) atoms. The van der Waals surface area contributed by atoms with Crippen LogP contribution in [0.1, 0.15) is 32.6 Å². The maximum absolute atomic E-state index is 5.40. The fraction of sp³-hybridized carbons (Fsp3) is 0.875. The molecule has 0 aliphatic carbocycles. The van der Waals surface area contributed by atoms with Gasteiger partial charge in [-0.1, -0.05) is 31.5 Å². The zero-order valence-electron chi connectivity index (χ0n) is 6.84. The molecule has 0 unspecified atom stereocenters. The molecule has 0 spiro atoms. The van der Waals surface area contributed by atoms with Crippen molar-refractivity contribution in [2.75, 3.05) is 5.75 Å². The quantitative estimate of drug-likeness (QED) is 0.498. The van der Waals surface area contributed by atoms with Crippen LogP contribution in [-0.2, 0) is 4.74 Å². The monoisotopic (exact) mass is 190 g/mol. The summed E-state index contributed by atoms with van der Waals surface area (Å²) < 4.78 is 6.14. The van der Waals surface area contributed by atoms with E-state index < -0.39 is 0 Å². The average Bonchev–Trinajstić information content (AvgIpc) is 2.37. The number of thiocarbonyl (C=S) groups is 1. The van der Waals surface area contributed by atoms with Crippen LogP contribution in [0.15, 0.2) is 0 Å². The molecule has 1 nitrogen and oxygen atoms in total. The molecule has 0 aromatic rings. The minimum Gasteiger partial charge on any atom is -0.474 e. The SMILES string of the molecule is CCCCC[C@@H]1CSC(=S)O1. The minimum atomic E-state index is 0.416. The van der Waals surface area contributed by atoms with Gasteiger partial charge in [0, 0.05) is 5.75 Å². The second-order valence-corrected chi connectivity index (χ2v) is 4.42. The summed E-state index contributed by atoms with van der Waals surface area (Å²) in [7, 11) is 0. The molecule has 0 aromatic carbocycles.